The van der Waals surface area contributed by atoms with E-state index in [4.69, 9.17) is 5.11 Å². The minimum absolute atomic E-state index is 0.0992. The Kier molecular flexibility index (Phi) is 2.61. The van der Waals surface area contributed by atoms with Crippen LogP contribution in [0.1, 0.15) is 11.3 Å². The molecule has 2 nitrogen and oxygen atoms in total. The number of nitrogens with zero attached hydrogens (tertiary/aromatic N) is 1. The van der Waals surface area contributed by atoms with Crippen LogP contribution in [-0.2, 0) is 6.61 Å². The van der Waals surface area contributed by atoms with Crippen molar-refractivity contribution in [3.05, 3.63) is 41.0 Å². The van der Waals surface area contributed by atoms with Crippen LogP contribution >= 0.6 is 11.3 Å². The van der Waals surface area contributed by atoms with Crippen LogP contribution in [0.2, 0.25) is 0 Å². The molecule has 0 radical (unpaired) electrons. The third-order valence-corrected chi connectivity index (χ3v) is 3.12. The van der Waals surface area contributed by atoms with E-state index < -0.39 is 0 Å². The Morgan fingerprint density at radius 1 is 1.29 bits per heavy atom. The van der Waals surface area contributed by atoms with Gasteiger partial charge in [-0.05, 0) is 18.1 Å². The maximum atomic E-state index is 8.90. The molecule has 0 atom stereocenters. The number of aliphatic hydroxyl groups excluding tert-OH is 1. The highest BCUT2D eigenvalue weighted by atomic mass is 32.1. The first-order valence-electron chi connectivity index (χ1n) is 4.41. The highest BCUT2D eigenvalue weighted by molar-refractivity contribution is 7.13. The molecule has 0 bridgehead atoms. The summed E-state index contributed by atoms with van der Waals surface area (Å²) in [6.07, 6.45) is 0. The zero-order valence-corrected chi connectivity index (χ0v) is 8.71. The van der Waals surface area contributed by atoms with Gasteiger partial charge in [0, 0.05) is 0 Å². The first-order chi connectivity index (χ1) is 6.81. The Balaban J connectivity index is 2.39. The normalized spacial score (nSPS) is 10.4. The molecule has 0 aliphatic rings. The number of hydrogen-bond acceptors (Lipinski definition) is 3. The summed E-state index contributed by atoms with van der Waals surface area (Å²) in [5.74, 6) is 0. The summed E-state index contributed by atoms with van der Waals surface area (Å²) in [5, 5.41) is 8.90. The number of hydrogen-bond donors (Lipinski definition) is 1. The zero-order chi connectivity index (χ0) is 9.97. The topological polar surface area (TPSA) is 33.1 Å². The SMILES string of the molecule is Cc1ncsc1-c1ccc(CO)cc1. The van der Waals surface area contributed by atoms with Crippen molar-refractivity contribution in [3.8, 4) is 10.4 Å². The maximum Gasteiger partial charge on any atom is 0.0801 e. The van der Waals surface area contributed by atoms with Gasteiger partial charge in [-0.3, -0.25) is 0 Å². The fraction of sp³-hybridized carbons (Fsp3) is 0.182. The van der Waals surface area contributed by atoms with Gasteiger partial charge >= 0.3 is 0 Å². The molecule has 1 heterocycles. The highest BCUT2D eigenvalue weighted by Crippen LogP contribution is 2.26. The number of aryl methyl sites for hydroxylation is 1. The third kappa shape index (κ3) is 1.69. The van der Waals surface area contributed by atoms with E-state index in [0.29, 0.717) is 0 Å². The van der Waals surface area contributed by atoms with E-state index in [1.807, 2.05) is 36.7 Å². The van der Waals surface area contributed by atoms with E-state index in [1.165, 1.54) is 10.4 Å². The van der Waals surface area contributed by atoms with Crippen LogP contribution in [0.4, 0.5) is 0 Å². The van der Waals surface area contributed by atoms with Gasteiger partial charge < -0.3 is 5.11 Å². The third-order valence-electron chi connectivity index (χ3n) is 2.14. The van der Waals surface area contributed by atoms with E-state index >= 15 is 0 Å². The molecule has 2 rings (SSSR count). The molecule has 0 fully saturated rings. The van der Waals surface area contributed by atoms with E-state index in [-0.39, 0.29) is 6.61 Å². The Hall–Kier alpha value is -1.19. The molecular formula is C11H11NOS. The van der Waals surface area contributed by atoms with E-state index in [9.17, 15) is 0 Å². The van der Waals surface area contributed by atoms with E-state index in [0.717, 1.165) is 11.3 Å². The van der Waals surface area contributed by atoms with Crippen LogP contribution in [0.15, 0.2) is 29.8 Å². The van der Waals surface area contributed by atoms with Crippen LogP contribution in [0, 0.1) is 6.92 Å². The minimum Gasteiger partial charge on any atom is -0.392 e. The van der Waals surface area contributed by atoms with Gasteiger partial charge in [-0.1, -0.05) is 24.3 Å². The Morgan fingerprint density at radius 3 is 2.50 bits per heavy atom. The lowest BCUT2D eigenvalue weighted by atomic mass is 10.1. The fourth-order valence-electron chi connectivity index (χ4n) is 1.34. The quantitative estimate of drug-likeness (QED) is 0.817. The highest BCUT2D eigenvalue weighted by Gasteiger charge is 2.03. The molecule has 0 unspecified atom stereocenters. The van der Waals surface area contributed by atoms with Gasteiger partial charge in [0.05, 0.1) is 22.7 Å². The lowest BCUT2D eigenvalue weighted by Crippen LogP contribution is -1.83. The second-order valence-electron chi connectivity index (χ2n) is 3.12. The van der Waals surface area contributed by atoms with E-state index in [2.05, 4.69) is 4.98 Å². The molecule has 0 saturated heterocycles. The van der Waals surface area contributed by atoms with Crippen molar-refractivity contribution in [2.75, 3.05) is 0 Å². The van der Waals surface area contributed by atoms with Crippen LogP contribution in [0.3, 0.4) is 0 Å². The summed E-state index contributed by atoms with van der Waals surface area (Å²) in [6, 6.07) is 7.92. The molecule has 1 aromatic carbocycles. The second-order valence-corrected chi connectivity index (χ2v) is 3.98. The zero-order valence-electron chi connectivity index (χ0n) is 7.90. The van der Waals surface area contributed by atoms with Gasteiger partial charge in [0.25, 0.3) is 0 Å². The Morgan fingerprint density at radius 2 is 2.00 bits per heavy atom. The van der Waals surface area contributed by atoms with Gasteiger partial charge in [0.1, 0.15) is 0 Å². The van der Waals surface area contributed by atoms with E-state index in [1.54, 1.807) is 11.3 Å². The summed E-state index contributed by atoms with van der Waals surface area (Å²) in [6.45, 7) is 2.10. The van der Waals surface area contributed by atoms with Crippen LogP contribution in [0.5, 0.6) is 0 Å². The van der Waals surface area contributed by atoms with Crippen molar-refractivity contribution >= 4 is 11.3 Å². The molecule has 14 heavy (non-hydrogen) atoms. The van der Waals surface area contributed by atoms with Crippen LogP contribution < -0.4 is 0 Å². The monoisotopic (exact) mass is 205 g/mol. The predicted molar refractivity (Wildman–Crippen MR) is 58.2 cm³/mol. The molecular weight excluding hydrogens is 194 g/mol. The van der Waals surface area contributed by atoms with Crippen LogP contribution in [-0.4, -0.2) is 10.1 Å². The molecule has 0 saturated carbocycles. The largest absolute Gasteiger partial charge is 0.392 e. The number of benzene rings is 1. The Bertz CT molecular complexity index is 419. The van der Waals surface area contributed by atoms with Gasteiger partial charge in [0.2, 0.25) is 0 Å². The number of thiazole rings is 1. The molecule has 72 valence electrons. The van der Waals surface area contributed by atoms with Crippen LogP contribution in [0.25, 0.3) is 10.4 Å². The van der Waals surface area contributed by atoms with Crippen molar-refractivity contribution < 1.29 is 5.11 Å². The first kappa shape index (κ1) is 9.37. The van der Waals surface area contributed by atoms with Crippen molar-refractivity contribution in [2.45, 2.75) is 13.5 Å². The number of aromatic nitrogens is 1. The number of aliphatic hydroxyl groups is 1. The minimum atomic E-state index is 0.0992. The molecule has 0 aliphatic heterocycles. The standard InChI is InChI=1S/C11H11NOS/c1-8-11(14-7-12-8)10-4-2-9(6-13)3-5-10/h2-5,7,13H,6H2,1H3. The molecule has 2 aromatic rings. The summed E-state index contributed by atoms with van der Waals surface area (Å²) in [7, 11) is 0. The Labute approximate surface area is 86.9 Å². The average molecular weight is 205 g/mol. The van der Waals surface area contributed by atoms with Gasteiger partial charge in [-0.15, -0.1) is 11.3 Å². The molecule has 0 amide bonds. The maximum absolute atomic E-state index is 8.90. The first-order valence-corrected chi connectivity index (χ1v) is 5.29. The van der Waals surface area contributed by atoms with Crippen molar-refractivity contribution in [2.24, 2.45) is 0 Å². The average Bonchev–Trinajstić information content (AvgIpc) is 2.65. The lowest BCUT2D eigenvalue weighted by Gasteiger charge is -2.00. The van der Waals surface area contributed by atoms with Gasteiger partial charge in [-0.2, -0.15) is 0 Å². The molecule has 3 heteroatoms. The molecule has 1 aromatic heterocycles. The summed E-state index contributed by atoms with van der Waals surface area (Å²) >= 11 is 1.64. The van der Waals surface area contributed by atoms with Gasteiger partial charge in [0.15, 0.2) is 0 Å². The smallest absolute Gasteiger partial charge is 0.0801 e. The summed E-state index contributed by atoms with van der Waals surface area (Å²) in [4.78, 5) is 5.41. The summed E-state index contributed by atoms with van der Waals surface area (Å²) in [5.41, 5.74) is 5.02. The second kappa shape index (κ2) is 3.90. The summed E-state index contributed by atoms with van der Waals surface area (Å²) < 4.78 is 0. The van der Waals surface area contributed by atoms with Crippen molar-refractivity contribution in [1.82, 2.24) is 4.98 Å². The van der Waals surface area contributed by atoms with Gasteiger partial charge in [-0.25, -0.2) is 4.98 Å². The van der Waals surface area contributed by atoms with Crippen molar-refractivity contribution in [1.29, 1.82) is 0 Å². The number of rotatable bonds is 2. The molecule has 0 aliphatic carbocycles. The predicted octanol–water partition coefficient (Wildman–Crippen LogP) is 2.61. The molecule has 0 spiro atoms. The fourth-order valence-corrected chi connectivity index (χ4v) is 2.15. The van der Waals surface area contributed by atoms with Crippen molar-refractivity contribution in [3.63, 3.8) is 0 Å². The lowest BCUT2D eigenvalue weighted by molar-refractivity contribution is 0.282. The molecule has 1 N–H and O–H groups in total.